The zero-order valence-corrected chi connectivity index (χ0v) is 6.35. The number of aromatic nitrogens is 1. The topological polar surface area (TPSA) is 53.1 Å². The number of aliphatic hydroxyl groups is 1. The molecule has 0 aliphatic carbocycles. The lowest BCUT2D eigenvalue weighted by atomic mass is 10.1. The van der Waals surface area contributed by atoms with E-state index >= 15 is 0 Å². The van der Waals surface area contributed by atoms with E-state index in [0.717, 1.165) is 0 Å². The Kier molecular flexibility index (Phi) is 2.72. The number of nitrogens with one attached hydrogen (secondary N) is 1. The smallest absolute Gasteiger partial charge is 0.267 e. The Morgan fingerprint density at radius 2 is 2.15 bits per heavy atom. The molecule has 72 valence electrons. The van der Waals surface area contributed by atoms with Gasteiger partial charge in [0.2, 0.25) is 0 Å². The van der Waals surface area contributed by atoms with E-state index in [1.54, 1.807) is 0 Å². The van der Waals surface area contributed by atoms with Crippen molar-refractivity contribution in [3.63, 3.8) is 0 Å². The van der Waals surface area contributed by atoms with Gasteiger partial charge >= 0.3 is 0 Å². The Morgan fingerprint density at radius 1 is 1.54 bits per heavy atom. The van der Waals surface area contributed by atoms with E-state index in [9.17, 15) is 18.0 Å². The summed E-state index contributed by atoms with van der Waals surface area (Å²) >= 11 is 0. The van der Waals surface area contributed by atoms with Gasteiger partial charge in [-0.1, -0.05) is 0 Å². The lowest BCUT2D eigenvalue weighted by molar-refractivity contribution is 0.141. The maximum Gasteiger partial charge on any atom is 0.267 e. The van der Waals surface area contributed by atoms with Gasteiger partial charge in [-0.25, -0.2) is 13.2 Å². The second kappa shape index (κ2) is 3.61. The summed E-state index contributed by atoms with van der Waals surface area (Å²) in [6.45, 7) is -0.910. The second-order valence-corrected chi connectivity index (χ2v) is 2.32. The maximum atomic E-state index is 12.7. The molecule has 2 N–H and O–H groups in total. The summed E-state index contributed by atoms with van der Waals surface area (Å²) < 4.78 is 37.0. The molecule has 0 aliphatic rings. The number of hydrogen-bond donors (Lipinski definition) is 2. The first-order chi connectivity index (χ1) is 6.07. The van der Waals surface area contributed by atoms with Gasteiger partial charge in [-0.15, -0.1) is 0 Å². The molecule has 13 heavy (non-hydrogen) atoms. The highest BCUT2D eigenvalue weighted by Gasteiger charge is 2.20. The number of H-pyrrole nitrogens is 1. The quantitative estimate of drug-likeness (QED) is 0.734. The highest BCUT2D eigenvalue weighted by Crippen LogP contribution is 2.23. The van der Waals surface area contributed by atoms with E-state index in [1.165, 1.54) is 0 Å². The molecule has 6 heteroatoms. The lowest BCUT2D eigenvalue weighted by Crippen LogP contribution is -2.17. The van der Waals surface area contributed by atoms with Crippen molar-refractivity contribution in [1.29, 1.82) is 0 Å². The van der Waals surface area contributed by atoms with Crippen LogP contribution < -0.4 is 5.56 Å². The third kappa shape index (κ3) is 1.72. The van der Waals surface area contributed by atoms with Gasteiger partial charge in [-0.2, -0.15) is 0 Å². The van der Waals surface area contributed by atoms with Crippen LogP contribution >= 0.6 is 0 Å². The first kappa shape index (κ1) is 9.79. The van der Waals surface area contributed by atoms with Crippen LogP contribution in [0.4, 0.5) is 13.2 Å². The summed E-state index contributed by atoms with van der Waals surface area (Å²) in [5.41, 5.74) is -2.57. The van der Waals surface area contributed by atoms with Crippen LogP contribution in [0.5, 0.6) is 0 Å². The third-order valence-electron chi connectivity index (χ3n) is 1.56. The molecular weight excluding hydrogens is 187 g/mol. The summed E-state index contributed by atoms with van der Waals surface area (Å²) in [7, 11) is 0. The molecule has 0 fully saturated rings. The third-order valence-corrected chi connectivity index (χ3v) is 1.56. The van der Waals surface area contributed by atoms with Crippen molar-refractivity contribution in [2.24, 2.45) is 0 Å². The second-order valence-electron chi connectivity index (χ2n) is 2.32. The minimum atomic E-state index is -3.11. The molecule has 1 aromatic heterocycles. The average Bonchev–Trinajstić information content (AvgIpc) is 2.07. The zero-order valence-electron chi connectivity index (χ0n) is 6.35. The molecule has 1 aromatic rings. The molecule has 0 aliphatic heterocycles. The summed E-state index contributed by atoms with van der Waals surface area (Å²) in [6, 6.07) is 0. The fraction of sp³-hybridized carbons (Fsp3) is 0.286. The summed E-state index contributed by atoms with van der Waals surface area (Å²) in [6.07, 6.45) is -2.56. The molecule has 1 rings (SSSR count). The van der Waals surface area contributed by atoms with Crippen LogP contribution in [0.3, 0.4) is 0 Å². The van der Waals surface area contributed by atoms with E-state index in [0.29, 0.717) is 6.20 Å². The van der Waals surface area contributed by atoms with Gasteiger partial charge in [0.25, 0.3) is 12.0 Å². The zero-order chi connectivity index (χ0) is 10.0. The van der Waals surface area contributed by atoms with Crippen LogP contribution in [-0.2, 0) is 6.61 Å². The van der Waals surface area contributed by atoms with E-state index < -0.39 is 35.5 Å². The van der Waals surface area contributed by atoms with Gasteiger partial charge in [0.05, 0.1) is 17.7 Å². The van der Waals surface area contributed by atoms with Gasteiger partial charge in [0.1, 0.15) is 5.82 Å². The number of aromatic amines is 1. The van der Waals surface area contributed by atoms with Crippen molar-refractivity contribution in [3.05, 3.63) is 33.5 Å². The van der Waals surface area contributed by atoms with Crippen LogP contribution in [-0.4, -0.2) is 10.1 Å². The molecule has 0 saturated heterocycles. The van der Waals surface area contributed by atoms with Crippen molar-refractivity contribution >= 4 is 0 Å². The normalized spacial score (nSPS) is 10.8. The molecule has 0 bridgehead atoms. The number of alkyl halides is 2. The monoisotopic (exact) mass is 193 g/mol. The summed E-state index contributed by atoms with van der Waals surface area (Å²) in [5.74, 6) is -1.22. The predicted octanol–water partition coefficient (Wildman–Crippen LogP) is 0.944. The fourth-order valence-corrected chi connectivity index (χ4v) is 0.953. The van der Waals surface area contributed by atoms with E-state index in [1.807, 2.05) is 4.98 Å². The standard InChI is InChI=1S/C7H6F3NO2/c8-4-1-11-7(13)3(2-12)5(4)6(9)10/h1,6,12H,2H2,(H,11,13). The molecule has 0 spiro atoms. The Labute approximate surface area is 70.8 Å². The van der Waals surface area contributed by atoms with Crippen LogP contribution in [0.2, 0.25) is 0 Å². The summed E-state index contributed by atoms with van der Waals surface area (Å²) in [5, 5.41) is 8.55. The highest BCUT2D eigenvalue weighted by molar-refractivity contribution is 5.25. The van der Waals surface area contributed by atoms with Crippen molar-refractivity contribution < 1.29 is 18.3 Å². The molecule has 0 amide bonds. The lowest BCUT2D eigenvalue weighted by Gasteiger charge is -2.05. The molecule has 0 unspecified atom stereocenters. The molecule has 0 radical (unpaired) electrons. The largest absolute Gasteiger partial charge is 0.391 e. The first-order valence-electron chi connectivity index (χ1n) is 3.37. The van der Waals surface area contributed by atoms with Crippen molar-refractivity contribution in [3.8, 4) is 0 Å². The SMILES string of the molecule is O=c1[nH]cc(F)c(C(F)F)c1CO. The molecule has 0 atom stereocenters. The fourth-order valence-electron chi connectivity index (χ4n) is 0.953. The Hall–Kier alpha value is -1.30. The van der Waals surface area contributed by atoms with Crippen LogP contribution in [0.25, 0.3) is 0 Å². The van der Waals surface area contributed by atoms with Crippen molar-refractivity contribution in [2.75, 3.05) is 0 Å². The maximum absolute atomic E-state index is 12.7. The Bertz CT molecular complexity index is 361. The molecule has 1 heterocycles. The van der Waals surface area contributed by atoms with Gasteiger partial charge in [-0.05, 0) is 0 Å². The Balaban J connectivity index is 3.44. The molecular formula is C7H6F3NO2. The van der Waals surface area contributed by atoms with Gasteiger partial charge in [-0.3, -0.25) is 4.79 Å². The number of hydrogen-bond acceptors (Lipinski definition) is 2. The number of aliphatic hydroxyl groups excluding tert-OH is 1. The average molecular weight is 193 g/mol. The molecule has 0 aromatic carbocycles. The Morgan fingerprint density at radius 3 is 2.54 bits per heavy atom. The number of rotatable bonds is 2. The van der Waals surface area contributed by atoms with Crippen LogP contribution in [0, 0.1) is 5.82 Å². The van der Waals surface area contributed by atoms with Crippen molar-refractivity contribution in [2.45, 2.75) is 13.0 Å². The first-order valence-corrected chi connectivity index (χ1v) is 3.37. The minimum absolute atomic E-state index is 0.545. The van der Waals surface area contributed by atoms with Gasteiger partial charge in [0, 0.05) is 6.20 Å². The number of halogens is 3. The van der Waals surface area contributed by atoms with Crippen LogP contribution in [0.1, 0.15) is 17.6 Å². The van der Waals surface area contributed by atoms with Crippen molar-refractivity contribution in [1.82, 2.24) is 4.98 Å². The van der Waals surface area contributed by atoms with E-state index in [2.05, 4.69) is 0 Å². The van der Waals surface area contributed by atoms with E-state index in [-0.39, 0.29) is 0 Å². The van der Waals surface area contributed by atoms with Gasteiger partial charge < -0.3 is 10.1 Å². The number of pyridine rings is 1. The van der Waals surface area contributed by atoms with Gasteiger partial charge in [0.15, 0.2) is 0 Å². The summed E-state index contributed by atoms with van der Waals surface area (Å²) in [4.78, 5) is 12.7. The van der Waals surface area contributed by atoms with Crippen LogP contribution in [0.15, 0.2) is 11.0 Å². The molecule has 3 nitrogen and oxygen atoms in total. The minimum Gasteiger partial charge on any atom is -0.391 e. The predicted molar refractivity (Wildman–Crippen MR) is 37.9 cm³/mol. The molecule has 0 saturated carbocycles. The van der Waals surface area contributed by atoms with E-state index in [4.69, 9.17) is 5.11 Å². The highest BCUT2D eigenvalue weighted by atomic mass is 19.3.